The summed E-state index contributed by atoms with van der Waals surface area (Å²) in [7, 11) is 0. The van der Waals surface area contributed by atoms with Gasteiger partial charge in [0, 0.05) is 19.2 Å². The molecule has 1 aliphatic heterocycles. The molecule has 1 aromatic rings. The van der Waals surface area contributed by atoms with Gasteiger partial charge in [0.1, 0.15) is 17.9 Å². The van der Waals surface area contributed by atoms with E-state index in [0.29, 0.717) is 18.8 Å². The zero-order chi connectivity index (χ0) is 17.2. The average molecular weight is 361 g/mol. The number of carbonyl (C=O) groups is 2. The number of aldehydes is 1. The van der Waals surface area contributed by atoms with Crippen molar-refractivity contribution in [3.8, 4) is 0 Å². The fourth-order valence-corrected chi connectivity index (χ4v) is 2.61. The van der Waals surface area contributed by atoms with E-state index in [0.717, 1.165) is 6.29 Å². The highest BCUT2D eigenvalue weighted by Gasteiger charge is 2.33. The zero-order valence-corrected chi connectivity index (χ0v) is 14.6. The number of nitrogens with zero attached hydrogens (tertiary/aromatic N) is 4. The Labute approximate surface area is 144 Å². The van der Waals surface area contributed by atoms with Crippen molar-refractivity contribution in [3.05, 3.63) is 16.4 Å². The Bertz CT molecular complexity index is 606. The maximum atomic E-state index is 12.1. The van der Waals surface area contributed by atoms with Gasteiger partial charge < -0.3 is 19.3 Å². The standard InChI is InChI=1S/C14H18Cl2N4O3/c1-14(2,3)23-13(22)19-4-5-20(9(7-19)8-21)10-6-11(15)17-18-12(10)16/h6,8-9H,4-5,7H2,1-3H3. The number of halogens is 2. The Hall–Kier alpha value is -1.60. The predicted molar refractivity (Wildman–Crippen MR) is 87.1 cm³/mol. The summed E-state index contributed by atoms with van der Waals surface area (Å²) in [4.78, 5) is 26.9. The van der Waals surface area contributed by atoms with Crippen LogP contribution in [0.5, 0.6) is 0 Å². The molecule has 1 atom stereocenters. The normalized spacial score (nSPS) is 18.7. The number of hydrogen-bond donors (Lipinski definition) is 0. The summed E-state index contributed by atoms with van der Waals surface area (Å²) in [5.74, 6) is 0. The van der Waals surface area contributed by atoms with Crippen molar-refractivity contribution in [2.75, 3.05) is 24.5 Å². The van der Waals surface area contributed by atoms with Gasteiger partial charge in [0.2, 0.25) is 0 Å². The van der Waals surface area contributed by atoms with Gasteiger partial charge in [-0.05, 0) is 20.8 Å². The Kier molecular flexibility index (Phi) is 5.31. The summed E-state index contributed by atoms with van der Waals surface area (Å²) >= 11 is 11.9. The summed E-state index contributed by atoms with van der Waals surface area (Å²) in [5.41, 5.74) is -0.0656. The summed E-state index contributed by atoms with van der Waals surface area (Å²) in [6.45, 7) is 6.39. The van der Waals surface area contributed by atoms with E-state index in [9.17, 15) is 9.59 Å². The van der Waals surface area contributed by atoms with Crippen LogP contribution < -0.4 is 4.90 Å². The van der Waals surface area contributed by atoms with Crippen LogP contribution in [0.1, 0.15) is 20.8 Å². The molecular weight excluding hydrogens is 343 g/mol. The van der Waals surface area contributed by atoms with Crippen molar-refractivity contribution in [3.63, 3.8) is 0 Å². The average Bonchev–Trinajstić information content (AvgIpc) is 2.47. The molecule has 1 aliphatic rings. The lowest BCUT2D eigenvalue weighted by Crippen LogP contribution is -2.56. The number of anilines is 1. The van der Waals surface area contributed by atoms with Crippen LogP contribution in [0.2, 0.25) is 10.3 Å². The van der Waals surface area contributed by atoms with Gasteiger partial charge in [0.15, 0.2) is 10.3 Å². The molecule has 0 aromatic carbocycles. The number of rotatable bonds is 2. The second-order valence-corrected chi connectivity index (χ2v) is 6.91. The van der Waals surface area contributed by atoms with Crippen LogP contribution in [-0.2, 0) is 9.53 Å². The van der Waals surface area contributed by atoms with E-state index in [1.54, 1.807) is 31.7 Å². The largest absolute Gasteiger partial charge is 0.444 e. The van der Waals surface area contributed by atoms with Crippen LogP contribution in [0, 0.1) is 0 Å². The third kappa shape index (κ3) is 4.45. The van der Waals surface area contributed by atoms with E-state index in [1.807, 2.05) is 0 Å². The van der Waals surface area contributed by atoms with E-state index >= 15 is 0 Å². The highest BCUT2D eigenvalue weighted by molar-refractivity contribution is 6.33. The molecule has 0 bridgehead atoms. The Morgan fingerprint density at radius 2 is 2.04 bits per heavy atom. The summed E-state index contributed by atoms with van der Waals surface area (Å²) in [5, 5.41) is 7.74. The topological polar surface area (TPSA) is 75.6 Å². The first kappa shape index (κ1) is 17.7. The van der Waals surface area contributed by atoms with Gasteiger partial charge in [0.25, 0.3) is 0 Å². The minimum Gasteiger partial charge on any atom is -0.444 e. The van der Waals surface area contributed by atoms with Crippen molar-refractivity contribution in [2.45, 2.75) is 32.4 Å². The molecule has 2 rings (SSSR count). The van der Waals surface area contributed by atoms with Gasteiger partial charge in [-0.25, -0.2) is 4.79 Å². The van der Waals surface area contributed by atoms with Gasteiger partial charge in [-0.3, -0.25) is 0 Å². The Morgan fingerprint density at radius 3 is 2.65 bits per heavy atom. The molecule has 1 amide bonds. The molecule has 0 N–H and O–H groups in total. The molecular formula is C14H18Cl2N4O3. The van der Waals surface area contributed by atoms with Crippen molar-refractivity contribution >= 4 is 41.3 Å². The fraction of sp³-hybridized carbons (Fsp3) is 0.571. The Balaban J connectivity index is 2.15. The number of aromatic nitrogens is 2. The van der Waals surface area contributed by atoms with Crippen LogP contribution in [0.3, 0.4) is 0 Å². The van der Waals surface area contributed by atoms with Crippen LogP contribution >= 0.6 is 23.2 Å². The lowest BCUT2D eigenvalue weighted by molar-refractivity contribution is -0.109. The van der Waals surface area contributed by atoms with E-state index in [-0.39, 0.29) is 16.9 Å². The van der Waals surface area contributed by atoms with Crippen molar-refractivity contribution < 1.29 is 14.3 Å². The van der Waals surface area contributed by atoms with E-state index < -0.39 is 17.7 Å². The van der Waals surface area contributed by atoms with Gasteiger partial charge in [-0.2, -0.15) is 0 Å². The number of piperazine rings is 1. The van der Waals surface area contributed by atoms with Gasteiger partial charge in [-0.15, -0.1) is 10.2 Å². The number of ether oxygens (including phenoxy) is 1. The van der Waals surface area contributed by atoms with Crippen LogP contribution in [0.15, 0.2) is 6.07 Å². The highest BCUT2D eigenvalue weighted by atomic mass is 35.5. The third-order valence-electron chi connectivity index (χ3n) is 3.24. The molecule has 0 radical (unpaired) electrons. The first-order chi connectivity index (χ1) is 10.7. The van der Waals surface area contributed by atoms with E-state index in [4.69, 9.17) is 27.9 Å². The maximum Gasteiger partial charge on any atom is 0.410 e. The summed E-state index contributed by atoms with van der Waals surface area (Å²) in [6.07, 6.45) is 0.322. The highest BCUT2D eigenvalue weighted by Crippen LogP contribution is 2.28. The minimum absolute atomic E-state index is 0.159. The first-order valence-electron chi connectivity index (χ1n) is 7.10. The third-order valence-corrected chi connectivity index (χ3v) is 3.69. The van der Waals surface area contributed by atoms with Crippen molar-refractivity contribution in [1.82, 2.24) is 15.1 Å². The maximum absolute atomic E-state index is 12.1. The molecule has 1 aromatic heterocycles. The van der Waals surface area contributed by atoms with Gasteiger partial charge in [0.05, 0.1) is 12.2 Å². The smallest absolute Gasteiger partial charge is 0.410 e. The molecule has 23 heavy (non-hydrogen) atoms. The molecule has 0 aliphatic carbocycles. The van der Waals surface area contributed by atoms with E-state index in [2.05, 4.69) is 10.2 Å². The molecule has 0 saturated carbocycles. The molecule has 1 fully saturated rings. The second-order valence-electron chi connectivity index (χ2n) is 6.17. The molecule has 0 spiro atoms. The molecule has 1 unspecified atom stereocenters. The lowest BCUT2D eigenvalue weighted by Gasteiger charge is -2.40. The molecule has 126 valence electrons. The van der Waals surface area contributed by atoms with Crippen LogP contribution in [0.25, 0.3) is 0 Å². The monoisotopic (exact) mass is 360 g/mol. The molecule has 1 saturated heterocycles. The lowest BCUT2D eigenvalue weighted by atomic mass is 10.1. The van der Waals surface area contributed by atoms with Crippen molar-refractivity contribution in [2.24, 2.45) is 0 Å². The number of hydrogen-bond acceptors (Lipinski definition) is 6. The molecule has 7 nitrogen and oxygen atoms in total. The number of amides is 1. The van der Waals surface area contributed by atoms with Crippen LogP contribution in [-0.4, -0.2) is 58.8 Å². The molecule has 2 heterocycles. The Morgan fingerprint density at radius 1 is 1.35 bits per heavy atom. The fourth-order valence-electron chi connectivity index (χ4n) is 2.26. The quantitative estimate of drug-likeness (QED) is 0.753. The number of carbonyl (C=O) groups excluding carboxylic acids is 2. The van der Waals surface area contributed by atoms with Gasteiger partial charge in [-0.1, -0.05) is 23.2 Å². The summed E-state index contributed by atoms with van der Waals surface area (Å²) < 4.78 is 5.34. The zero-order valence-electron chi connectivity index (χ0n) is 13.1. The second kappa shape index (κ2) is 6.88. The first-order valence-corrected chi connectivity index (χ1v) is 7.85. The predicted octanol–water partition coefficient (Wildman–Crippen LogP) is 2.41. The molecule has 9 heteroatoms. The SMILES string of the molecule is CC(C)(C)OC(=O)N1CCN(c2cc(Cl)nnc2Cl)C(C=O)C1. The minimum atomic E-state index is -0.587. The summed E-state index contributed by atoms with van der Waals surface area (Å²) in [6, 6.07) is 0.991. The van der Waals surface area contributed by atoms with Crippen LogP contribution in [0.4, 0.5) is 10.5 Å². The van der Waals surface area contributed by atoms with Gasteiger partial charge >= 0.3 is 6.09 Å². The van der Waals surface area contributed by atoms with Crippen molar-refractivity contribution in [1.29, 1.82) is 0 Å². The van der Waals surface area contributed by atoms with E-state index in [1.165, 1.54) is 4.90 Å².